The van der Waals surface area contributed by atoms with Crippen molar-refractivity contribution in [3.63, 3.8) is 0 Å². The zero-order valence-corrected chi connectivity index (χ0v) is 10.4. The van der Waals surface area contributed by atoms with Crippen LogP contribution in [0.25, 0.3) is 0 Å². The largest absolute Gasteiger partial charge is 0.328 e. The molecule has 0 saturated carbocycles. The Morgan fingerprint density at radius 1 is 0.923 bits per heavy atom. The smallest absolute Gasteiger partial charge is 0.0790 e. The second-order valence-corrected chi connectivity index (χ2v) is 4.97. The van der Waals surface area contributed by atoms with Crippen LogP contribution in [0.2, 0.25) is 0 Å². The highest BCUT2D eigenvalue weighted by Crippen LogP contribution is 2.06. The molecule has 0 N–H and O–H groups in total. The van der Waals surface area contributed by atoms with Gasteiger partial charge in [0.15, 0.2) is 0 Å². The third kappa shape index (κ3) is 8.63. The van der Waals surface area contributed by atoms with E-state index in [0.717, 1.165) is 5.75 Å². The third-order valence-corrected chi connectivity index (χ3v) is 2.85. The molecule has 0 amide bonds. The molecular formula is C11H26NS+. The van der Waals surface area contributed by atoms with E-state index in [1.54, 1.807) is 0 Å². The fourth-order valence-electron chi connectivity index (χ4n) is 1.58. The molecule has 0 saturated heterocycles. The minimum atomic E-state index is 1.02. The number of quaternary nitrogens is 1. The van der Waals surface area contributed by atoms with E-state index in [2.05, 4.69) is 33.6 Å². The molecule has 0 aliphatic heterocycles. The lowest BCUT2D eigenvalue weighted by atomic mass is 10.2. The molecule has 0 fully saturated rings. The van der Waals surface area contributed by atoms with E-state index in [0.29, 0.717) is 0 Å². The summed E-state index contributed by atoms with van der Waals surface area (Å²) in [6, 6.07) is 0. The molecule has 0 aliphatic carbocycles. The summed E-state index contributed by atoms with van der Waals surface area (Å²) in [6.07, 6.45) is 6.76. The van der Waals surface area contributed by atoms with Gasteiger partial charge in [-0.3, -0.25) is 0 Å². The first kappa shape index (κ1) is 13.3. The van der Waals surface area contributed by atoms with Gasteiger partial charge in [0.25, 0.3) is 0 Å². The summed E-state index contributed by atoms with van der Waals surface area (Å²) >= 11 is 4.25. The van der Waals surface area contributed by atoms with E-state index in [4.69, 9.17) is 0 Å². The molecule has 0 unspecified atom stereocenters. The van der Waals surface area contributed by atoms with E-state index >= 15 is 0 Å². The molecule has 80 valence electrons. The van der Waals surface area contributed by atoms with Crippen LogP contribution in [0.15, 0.2) is 0 Å². The van der Waals surface area contributed by atoms with Gasteiger partial charge in [0.05, 0.1) is 27.2 Å². The standard InChI is InChI=1S/C11H25NS/c1-4-5-6-7-9-12(2,3)10-8-11-13/h4-11H2,1-3H3/p+1. The Balaban J connectivity index is 3.39. The third-order valence-electron chi connectivity index (χ3n) is 2.54. The molecule has 13 heavy (non-hydrogen) atoms. The second-order valence-electron chi connectivity index (χ2n) is 4.52. The van der Waals surface area contributed by atoms with Crippen LogP contribution in [0.3, 0.4) is 0 Å². The fraction of sp³-hybridized carbons (Fsp3) is 1.00. The van der Waals surface area contributed by atoms with E-state index in [1.807, 2.05) is 0 Å². The lowest BCUT2D eigenvalue weighted by molar-refractivity contribution is -0.890. The van der Waals surface area contributed by atoms with Gasteiger partial charge in [-0.2, -0.15) is 12.6 Å². The van der Waals surface area contributed by atoms with Crippen molar-refractivity contribution in [1.82, 2.24) is 0 Å². The van der Waals surface area contributed by atoms with Crippen LogP contribution in [-0.4, -0.2) is 37.4 Å². The van der Waals surface area contributed by atoms with Crippen molar-refractivity contribution in [2.24, 2.45) is 0 Å². The Labute approximate surface area is 89.5 Å². The SMILES string of the molecule is CCCCCC[N+](C)(C)CCCS. The summed E-state index contributed by atoms with van der Waals surface area (Å²) in [5.74, 6) is 1.02. The Kier molecular flexibility index (Phi) is 7.87. The molecule has 2 heteroatoms. The summed E-state index contributed by atoms with van der Waals surface area (Å²) < 4.78 is 1.17. The lowest BCUT2D eigenvalue weighted by Gasteiger charge is -2.29. The van der Waals surface area contributed by atoms with Crippen LogP contribution in [-0.2, 0) is 0 Å². The Hall–Kier alpha value is 0.310. The van der Waals surface area contributed by atoms with Crippen LogP contribution in [0, 0.1) is 0 Å². The average molecular weight is 204 g/mol. The van der Waals surface area contributed by atoms with Crippen molar-refractivity contribution < 1.29 is 4.48 Å². The molecule has 1 nitrogen and oxygen atoms in total. The molecule has 0 radical (unpaired) electrons. The van der Waals surface area contributed by atoms with E-state index < -0.39 is 0 Å². The van der Waals surface area contributed by atoms with Crippen molar-refractivity contribution >= 4 is 12.6 Å². The Bertz CT molecular complexity index is 113. The van der Waals surface area contributed by atoms with Gasteiger partial charge in [0.1, 0.15) is 0 Å². The number of hydrogen-bond acceptors (Lipinski definition) is 1. The summed E-state index contributed by atoms with van der Waals surface area (Å²) in [4.78, 5) is 0. The summed E-state index contributed by atoms with van der Waals surface area (Å²) in [5, 5.41) is 0. The maximum atomic E-state index is 4.25. The van der Waals surface area contributed by atoms with Gasteiger partial charge in [-0.15, -0.1) is 0 Å². The molecule has 0 rings (SSSR count). The number of thiol groups is 1. The normalized spacial score (nSPS) is 12.0. The number of hydrogen-bond donors (Lipinski definition) is 1. The Morgan fingerprint density at radius 2 is 1.54 bits per heavy atom. The first-order chi connectivity index (χ1) is 6.12. The minimum absolute atomic E-state index is 1.02. The maximum absolute atomic E-state index is 4.25. The number of nitrogens with zero attached hydrogens (tertiary/aromatic N) is 1. The van der Waals surface area contributed by atoms with Crippen LogP contribution >= 0.6 is 12.6 Å². The summed E-state index contributed by atoms with van der Waals surface area (Å²) in [7, 11) is 4.66. The molecular weight excluding hydrogens is 178 g/mol. The van der Waals surface area contributed by atoms with Crippen molar-refractivity contribution in [3.8, 4) is 0 Å². The van der Waals surface area contributed by atoms with Gasteiger partial charge in [-0.05, 0) is 18.6 Å². The highest BCUT2D eigenvalue weighted by Gasteiger charge is 2.12. The van der Waals surface area contributed by atoms with Crippen LogP contribution < -0.4 is 0 Å². The monoisotopic (exact) mass is 204 g/mol. The Morgan fingerprint density at radius 3 is 2.08 bits per heavy atom. The topological polar surface area (TPSA) is 0 Å². The molecule has 0 aromatic rings. The van der Waals surface area contributed by atoms with Crippen molar-refractivity contribution in [1.29, 1.82) is 0 Å². The number of rotatable bonds is 8. The van der Waals surface area contributed by atoms with Gasteiger partial charge in [-0.25, -0.2) is 0 Å². The van der Waals surface area contributed by atoms with Crippen molar-refractivity contribution in [3.05, 3.63) is 0 Å². The van der Waals surface area contributed by atoms with Gasteiger partial charge in [0.2, 0.25) is 0 Å². The molecule has 0 aromatic heterocycles. The fourth-order valence-corrected chi connectivity index (χ4v) is 1.72. The van der Waals surface area contributed by atoms with Gasteiger partial charge in [-0.1, -0.05) is 19.8 Å². The predicted octanol–water partition coefficient (Wildman–Crippen LogP) is 2.96. The van der Waals surface area contributed by atoms with Gasteiger partial charge in [0, 0.05) is 6.42 Å². The van der Waals surface area contributed by atoms with E-state index in [-0.39, 0.29) is 0 Å². The highest BCUT2D eigenvalue weighted by molar-refractivity contribution is 7.80. The molecule has 0 aromatic carbocycles. The maximum Gasteiger partial charge on any atom is 0.0790 e. The second kappa shape index (κ2) is 7.69. The van der Waals surface area contributed by atoms with Crippen molar-refractivity contribution in [2.45, 2.75) is 39.0 Å². The minimum Gasteiger partial charge on any atom is -0.328 e. The summed E-state index contributed by atoms with van der Waals surface area (Å²) in [5.41, 5.74) is 0. The molecule has 0 spiro atoms. The van der Waals surface area contributed by atoms with Crippen molar-refractivity contribution in [2.75, 3.05) is 32.9 Å². The molecule has 0 heterocycles. The summed E-state index contributed by atoms with van der Waals surface area (Å²) in [6.45, 7) is 4.87. The first-order valence-corrected chi connectivity index (χ1v) is 6.18. The van der Waals surface area contributed by atoms with Gasteiger partial charge >= 0.3 is 0 Å². The quantitative estimate of drug-likeness (QED) is 0.351. The molecule has 0 aliphatic rings. The van der Waals surface area contributed by atoms with E-state index in [9.17, 15) is 0 Å². The van der Waals surface area contributed by atoms with Crippen LogP contribution in [0.1, 0.15) is 39.0 Å². The molecule has 0 bridgehead atoms. The van der Waals surface area contributed by atoms with E-state index in [1.165, 1.54) is 49.7 Å². The zero-order valence-electron chi connectivity index (χ0n) is 9.55. The van der Waals surface area contributed by atoms with Crippen LogP contribution in [0.4, 0.5) is 0 Å². The lowest BCUT2D eigenvalue weighted by Crippen LogP contribution is -2.41. The zero-order chi connectivity index (χ0) is 10.2. The highest BCUT2D eigenvalue weighted by atomic mass is 32.1. The first-order valence-electron chi connectivity index (χ1n) is 5.55. The van der Waals surface area contributed by atoms with Crippen LogP contribution in [0.5, 0.6) is 0 Å². The number of unbranched alkanes of at least 4 members (excludes halogenated alkanes) is 3. The predicted molar refractivity (Wildman–Crippen MR) is 64.5 cm³/mol. The molecule has 0 atom stereocenters. The average Bonchev–Trinajstić information content (AvgIpc) is 2.09. The van der Waals surface area contributed by atoms with Gasteiger partial charge < -0.3 is 4.48 Å².